The number of hydrogen-bond acceptors (Lipinski definition) is 5. The molecule has 0 saturated carbocycles. The molecule has 7 heteroatoms. The summed E-state index contributed by atoms with van der Waals surface area (Å²) < 4.78 is 10.4. The minimum atomic E-state index is -0.411. The van der Waals surface area contributed by atoms with E-state index in [1.165, 1.54) is 11.6 Å². The van der Waals surface area contributed by atoms with Crippen molar-refractivity contribution in [2.75, 3.05) is 33.8 Å². The number of carbonyl (C=O) groups is 1. The number of nitrogens with zero attached hydrogens (tertiary/aromatic N) is 2. The van der Waals surface area contributed by atoms with Gasteiger partial charge in [0.1, 0.15) is 11.5 Å². The summed E-state index contributed by atoms with van der Waals surface area (Å²) in [6.45, 7) is 5.89. The number of ether oxygens (including phenoxy) is 1. The first-order chi connectivity index (χ1) is 13.4. The highest BCUT2D eigenvalue weighted by Crippen LogP contribution is 2.44. The lowest BCUT2D eigenvalue weighted by Crippen LogP contribution is -2.34. The van der Waals surface area contributed by atoms with Crippen LogP contribution < -0.4 is 10.4 Å². The van der Waals surface area contributed by atoms with Gasteiger partial charge in [0, 0.05) is 37.7 Å². The molecule has 3 atom stereocenters. The summed E-state index contributed by atoms with van der Waals surface area (Å²) >= 11 is 0. The van der Waals surface area contributed by atoms with Gasteiger partial charge in [-0.25, -0.2) is 4.79 Å². The van der Waals surface area contributed by atoms with Crippen LogP contribution in [0.25, 0.3) is 0 Å². The van der Waals surface area contributed by atoms with Gasteiger partial charge in [-0.3, -0.25) is 9.69 Å². The Hall–Kier alpha value is -2.31. The normalized spacial score (nSPS) is 23.6. The Morgan fingerprint density at radius 2 is 1.83 bits per heavy atom. The number of aryl methyl sites for hydroxylation is 2. The number of rotatable bonds is 3. The van der Waals surface area contributed by atoms with Crippen molar-refractivity contribution in [3.05, 3.63) is 63.2 Å². The van der Waals surface area contributed by atoms with Crippen LogP contribution in [-0.2, 0) is 0 Å². The van der Waals surface area contributed by atoms with Crippen LogP contribution in [0.4, 0.5) is 0 Å². The van der Waals surface area contributed by atoms with Crippen molar-refractivity contribution in [1.29, 1.82) is 0 Å². The highest BCUT2D eigenvalue weighted by atomic mass is 35.5. The second kappa shape index (κ2) is 8.20. The Labute approximate surface area is 176 Å². The predicted molar refractivity (Wildman–Crippen MR) is 113 cm³/mol. The highest BCUT2D eigenvalue weighted by molar-refractivity contribution is 5.96. The van der Waals surface area contributed by atoms with Gasteiger partial charge in [0.2, 0.25) is 0 Å². The number of methoxy groups -OCH3 is 1. The molecule has 4 rings (SSSR count). The zero-order chi connectivity index (χ0) is 20.0. The lowest BCUT2D eigenvalue weighted by atomic mass is 9.89. The SMILES string of the molecule is COc1ccc([C@H]2[C@@H]3CN(C(=O)c4c(C)cc(=O)oc4C)C[C@@H]3CN2C)cc1.Cl. The van der Waals surface area contributed by atoms with Crippen LogP contribution >= 0.6 is 12.4 Å². The molecule has 2 aliphatic rings. The van der Waals surface area contributed by atoms with Crippen LogP contribution in [0.2, 0.25) is 0 Å². The lowest BCUT2D eigenvalue weighted by Gasteiger charge is -2.27. The van der Waals surface area contributed by atoms with E-state index < -0.39 is 5.63 Å². The fourth-order valence-electron chi connectivity index (χ4n) is 4.96. The van der Waals surface area contributed by atoms with Crippen molar-refractivity contribution in [3.63, 3.8) is 0 Å². The van der Waals surface area contributed by atoms with Crippen molar-refractivity contribution in [3.8, 4) is 5.75 Å². The van der Waals surface area contributed by atoms with Gasteiger partial charge < -0.3 is 14.1 Å². The minimum absolute atomic E-state index is 0. The van der Waals surface area contributed by atoms with Gasteiger partial charge in [-0.05, 0) is 50.1 Å². The number of amides is 1. The molecule has 1 aromatic heterocycles. The van der Waals surface area contributed by atoms with Crippen LogP contribution in [-0.4, -0.2) is 49.5 Å². The van der Waals surface area contributed by atoms with E-state index in [0.717, 1.165) is 18.8 Å². The predicted octanol–water partition coefficient (Wildman–Crippen LogP) is 3.06. The van der Waals surface area contributed by atoms with Crippen LogP contribution in [0.15, 0.2) is 39.5 Å². The maximum Gasteiger partial charge on any atom is 0.336 e. The first-order valence-corrected chi connectivity index (χ1v) is 9.64. The molecule has 1 amide bonds. The van der Waals surface area contributed by atoms with Crippen LogP contribution in [0, 0.1) is 25.7 Å². The fraction of sp³-hybridized carbons (Fsp3) is 0.455. The standard InChI is InChI=1S/C22H26N2O4.ClH/c1-13-9-19(25)28-14(2)20(13)22(26)24-11-16-10-23(3)21(18(16)12-24)15-5-7-17(27-4)8-6-15;/h5-9,16,18,21H,10-12H2,1-4H3;1H/t16-,18+,21-;/m0./s1. The monoisotopic (exact) mass is 418 g/mol. The van der Waals surface area contributed by atoms with E-state index in [4.69, 9.17) is 9.15 Å². The average Bonchev–Trinajstić information content (AvgIpc) is 3.17. The number of carbonyl (C=O) groups excluding carboxylic acids is 1. The third-order valence-electron chi connectivity index (χ3n) is 6.19. The second-order valence-electron chi connectivity index (χ2n) is 7.97. The Morgan fingerprint density at radius 1 is 1.14 bits per heavy atom. The molecule has 2 aliphatic heterocycles. The third-order valence-corrected chi connectivity index (χ3v) is 6.19. The molecule has 3 heterocycles. The molecular weight excluding hydrogens is 392 g/mol. The van der Waals surface area contributed by atoms with E-state index in [9.17, 15) is 9.59 Å². The quantitative estimate of drug-likeness (QED) is 0.766. The van der Waals surface area contributed by atoms with Gasteiger partial charge in [-0.1, -0.05) is 12.1 Å². The van der Waals surface area contributed by atoms with E-state index in [-0.39, 0.29) is 24.4 Å². The average molecular weight is 419 g/mol. The molecule has 2 saturated heterocycles. The van der Waals surface area contributed by atoms with Crippen molar-refractivity contribution < 1.29 is 13.9 Å². The second-order valence-corrected chi connectivity index (χ2v) is 7.97. The molecule has 0 spiro atoms. The number of benzene rings is 1. The molecule has 6 nitrogen and oxygen atoms in total. The maximum absolute atomic E-state index is 13.2. The lowest BCUT2D eigenvalue weighted by molar-refractivity contribution is 0.0763. The number of halogens is 1. The molecule has 29 heavy (non-hydrogen) atoms. The van der Waals surface area contributed by atoms with Gasteiger partial charge in [0.15, 0.2) is 0 Å². The molecule has 0 bridgehead atoms. The number of fused-ring (bicyclic) bond motifs is 1. The topological polar surface area (TPSA) is 63.0 Å². The number of likely N-dealkylation sites (tertiary alicyclic amines) is 2. The number of hydrogen-bond donors (Lipinski definition) is 0. The summed E-state index contributed by atoms with van der Waals surface area (Å²) in [4.78, 5) is 29.0. The van der Waals surface area contributed by atoms with Crippen molar-refractivity contribution in [2.24, 2.45) is 11.8 Å². The maximum atomic E-state index is 13.2. The van der Waals surface area contributed by atoms with Crippen LogP contribution in [0.3, 0.4) is 0 Å². The van der Waals surface area contributed by atoms with E-state index >= 15 is 0 Å². The van der Waals surface area contributed by atoms with Gasteiger partial charge in [-0.2, -0.15) is 0 Å². The highest BCUT2D eigenvalue weighted by Gasteiger charge is 2.47. The summed E-state index contributed by atoms with van der Waals surface area (Å²) in [5, 5.41) is 0. The molecule has 0 unspecified atom stereocenters. The smallest absolute Gasteiger partial charge is 0.336 e. The molecule has 2 fully saturated rings. The summed E-state index contributed by atoms with van der Waals surface area (Å²) in [6.07, 6.45) is 0. The Morgan fingerprint density at radius 3 is 2.45 bits per heavy atom. The zero-order valence-corrected chi connectivity index (χ0v) is 18.0. The van der Waals surface area contributed by atoms with E-state index in [0.29, 0.717) is 35.3 Å². The summed E-state index contributed by atoms with van der Waals surface area (Å²) in [5.41, 5.74) is 2.04. The Kier molecular flexibility index (Phi) is 6.05. The van der Waals surface area contributed by atoms with E-state index in [2.05, 4.69) is 24.1 Å². The fourth-order valence-corrected chi connectivity index (χ4v) is 4.96. The zero-order valence-electron chi connectivity index (χ0n) is 17.2. The van der Waals surface area contributed by atoms with E-state index in [1.54, 1.807) is 21.0 Å². The Balaban J connectivity index is 0.00000240. The van der Waals surface area contributed by atoms with E-state index in [1.807, 2.05) is 17.0 Å². The van der Waals surface area contributed by atoms with Gasteiger partial charge >= 0.3 is 5.63 Å². The molecule has 2 aromatic rings. The molecular formula is C22H27ClN2O4. The van der Waals surface area contributed by atoms with Gasteiger partial charge in [-0.15, -0.1) is 12.4 Å². The molecule has 0 aliphatic carbocycles. The van der Waals surface area contributed by atoms with Gasteiger partial charge in [0.05, 0.1) is 12.7 Å². The summed E-state index contributed by atoms with van der Waals surface area (Å²) in [7, 11) is 3.82. The Bertz CT molecular complexity index is 930. The largest absolute Gasteiger partial charge is 0.497 e. The minimum Gasteiger partial charge on any atom is -0.497 e. The first kappa shape index (κ1) is 21.4. The van der Waals surface area contributed by atoms with Crippen molar-refractivity contribution >= 4 is 18.3 Å². The van der Waals surface area contributed by atoms with Crippen LogP contribution in [0.1, 0.15) is 33.3 Å². The van der Waals surface area contributed by atoms with Gasteiger partial charge in [0.25, 0.3) is 5.91 Å². The molecule has 0 radical (unpaired) electrons. The molecule has 0 N–H and O–H groups in total. The van der Waals surface area contributed by atoms with Crippen molar-refractivity contribution in [1.82, 2.24) is 9.80 Å². The molecule has 1 aromatic carbocycles. The summed E-state index contributed by atoms with van der Waals surface area (Å²) in [6, 6.07) is 9.90. The van der Waals surface area contributed by atoms with Crippen molar-refractivity contribution in [2.45, 2.75) is 19.9 Å². The summed E-state index contributed by atoms with van der Waals surface area (Å²) in [5.74, 6) is 2.04. The third kappa shape index (κ3) is 3.79. The van der Waals surface area contributed by atoms with Crippen LogP contribution in [0.5, 0.6) is 5.75 Å². The molecule has 156 valence electrons. The first-order valence-electron chi connectivity index (χ1n) is 9.64.